The summed E-state index contributed by atoms with van der Waals surface area (Å²) in [6.45, 7) is 0.0464. The van der Waals surface area contributed by atoms with Crippen molar-refractivity contribution in [2.75, 3.05) is 12.0 Å². The lowest BCUT2D eigenvalue weighted by Crippen LogP contribution is -2.24. The molecule has 0 aliphatic rings. The van der Waals surface area contributed by atoms with E-state index in [2.05, 4.69) is 4.98 Å². The predicted molar refractivity (Wildman–Crippen MR) is 75.7 cm³/mol. The van der Waals surface area contributed by atoms with Crippen molar-refractivity contribution in [2.45, 2.75) is 6.54 Å². The summed E-state index contributed by atoms with van der Waals surface area (Å²) in [7, 11) is -3.15. The van der Waals surface area contributed by atoms with Crippen LogP contribution < -0.4 is 5.56 Å². The van der Waals surface area contributed by atoms with Gasteiger partial charge in [-0.05, 0) is 12.1 Å². The lowest BCUT2D eigenvalue weighted by Gasteiger charge is -2.07. The fourth-order valence-corrected chi connectivity index (χ4v) is 2.69. The first-order valence-corrected chi connectivity index (χ1v) is 8.11. The quantitative estimate of drug-likeness (QED) is 0.864. The average molecular weight is 321 g/mol. The molecular weight excluding hydrogens is 311 g/mol. The van der Waals surface area contributed by atoms with E-state index in [4.69, 9.17) is 23.2 Å². The first-order chi connectivity index (χ1) is 8.78. The van der Waals surface area contributed by atoms with Crippen LogP contribution in [-0.2, 0) is 16.4 Å². The summed E-state index contributed by atoms with van der Waals surface area (Å²) < 4.78 is 23.5. The second kappa shape index (κ2) is 5.11. The lowest BCUT2D eigenvalue weighted by atomic mass is 10.2. The number of aromatic nitrogens is 2. The molecule has 0 saturated heterocycles. The molecule has 0 fully saturated rings. The van der Waals surface area contributed by atoms with Crippen molar-refractivity contribution in [3.8, 4) is 0 Å². The molecule has 0 spiro atoms. The average Bonchev–Trinajstić information content (AvgIpc) is 2.28. The number of hydrogen-bond donors (Lipinski definition) is 0. The highest BCUT2D eigenvalue weighted by atomic mass is 35.5. The van der Waals surface area contributed by atoms with E-state index in [1.807, 2.05) is 0 Å². The number of fused-ring (bicyclic) bond motifs is 1. The van der Waals surface area contributed by atoms with Crippen LogP contribution in [-0.4, -0.2) is 30.0 Å². The van der Waals surface area contributed by atoms with Crippen molar-refractivity contribution in [1.29, 1.82) is 0 Å². The maximum absolute atomic E-state index is 12.2. The number of nitrogens with zero attached hydrogens (tertiary/aromatic N) is 2. The van der Waals surface area contributed by atoms with Crippen molar-refractivity contribution in [1.82, 2.24) is 9.55 Å². The van der Waals surface area contributed by atoms with Gasteiger partial charge in [-0.2, -0.15) is 0 Å². The van der Waals surface area contributed by atoms with E-state index in [1.165, 1.54) is 23.0 Å². The summed E-state index contributed by atoms with van der Waals surface area (Å²) >= 11 is 11.8. The molecule has 0 saturated carbocycles. The smallest absolute Gasteiger partial charge is 0.261 e. The normalized spacial score (nSPS) is 11.9. The summed E-state index contributed by atoms with van der Waals surface area (Å²) in [5, 5.41) is 0.889. The molecule has 5 nitrogen and oxygen atoms in total. The molecule has 2 aromatic rings. The van der Waals surface area contributed by atoms with E-state index in [0.29, 0.717) is 10.5 Å². The largest absolute Gasteiger partial charge is 0.298 e. The van der Waals surface area contributed by atoms with Crippen molar-refractivity contribution in [3.63, 3.8) is 0 Å². The standard InChI is InChI=1S/C11H10Cl2N2O3S/c1-19(17,18)3-2-15-6-14-10-8(11(15)16)4-7(12)5-9(10)13/h4-6H,2-3H2,1H3. The zero-order chi connectivity index (χ0) is 14.2. The van der Waals surface area contributed by atoms with Crippen LogP contribution in [0.3, 0.4) is 0 Å². The Kier molecular flexibility index (Phi) is 3.85. The van der Waals surface area contributed by atoms with E-state index in [1.54, 1.807) is 0 Å². The molecule has 19 heavy (non-hydrogen) atoms. The number of benzene rings is 1. The molecule has 8 heteroatoms. The van der Waals surface area contributed by atoms with Gasteiger partial charge in [-0.25, -0.2) is 13.4 Å². The van der Waals surface area contributed by atoms with Gasteiger partial charge in [-0.1, -0.05) is 23.2 Å². The van der Waals surface area contributed by atoms with Gasteiger partial charge in [0.25, 0.3) is 5.56 Å². The number of sulfone groups is 1. The zero-order valence-electron chi connectivity index (χ0n) is 9.93. The van der Waals surface area contributed by atoms with Gasteiger partial charge in [0.1, 0.15) is 9.84 Å². The molecule has 2 rings (SSSR count). The molecular formula is C11H10Cl2N2O3S. The van der Waals surface area contributed by atoms with Crippen LogP contribution in [0.1, 0.15) is 0 Å². The molecule has 0 atom stereocenters. The third kappa shape index (κ3) is 3.26. The SMILES string of the molecule is CS(=O)(=O)CCn1cnc2c(Cl)cc(Cl)cc2c1=O. The third-order valence-corrected chi connectivity index (χ3v) is 3.98. The summed E-state index contributed by atoms with van der Waals surface area (Å²) in [5.41, 5.74) is -0.00952. The molecule has 0 bridgehead atoms. The Balaban J connectivity index is 2.55. The first kappa shape index (κ1) is 14.3. The van der Waals surface area contributed by atoms with Crippen LogP contribution in [0.5, 0.6) is 0 Å². The lowest BCUT2D eigenvalue weighted by molar-refractivity contribution is 0.592. The fourth-order valence-electron chi connectivity index (χ4n) is 1.62. The monoisotopic (exact) mass is 320 g/mol. The fraction of sp³-hybridized carbons (Fsp3) is 0.273. The Hall–Kier alpha value is -1.11. The maximum atomic E-state index is 12.2. The minimum absolute atomic E-state index is 0.0464. The Morgan fingerprint density at radius 1 is 1.32 bits per heavy atom. The Morgan fingerprint density at radius 3 is 2.63 bits per heavy atom. The van der Waals surface area contributed by atoms with Crippen LogP contribution in [0, 0.1) is 0 Å². The van der Waals surface area contributed by atoms with Crippen LogP contribution >= 0.6 is 23.2 Å². The molecule has 1 heterocycles. The van der Waals surface area contributed by atoms with Crippen LogP contribution in [0.4, 0.5) is 0 Å². The van der Waals surface area contributed by atoms with E-state index in [9.17, 15) is 13.2 Å². The van der Waals surface area contributed by atoms with Crippen molar-refractivity contribution >= 4 is 43.9 Å². The van der Waals surface area contributed by atoms with Gasteiger partial charge in [-0.15, -0.1) is 0 Å². The highest BCUT2D eigenvalue weighted by molar-refractivity contribution is 7.90. The van der Waals surface area contributed by atoms with Crippen molar-refractivity contribution < 1.29 is 8.42 Å². The molecule has 0 aliphatic heterocycles. The minimum atomic E-state index is -3.15. The van der Waals surface area contributed by atoms with Gasteiger partial charge in [0.05, 0.1) is 28.0 Å². The highest BCUT2D eigenvalue weighted by Gasteiger charge is 2.10. The van der Waals surface area contributed by atoms with Crippen LogP contribution in [0.15, 0.2) is 23.3 Å². The minimum Gasteiger partial charge on any atom is -0.298 e. The number of halogens is 2. The first-order valence-electron chi connectivity index (χ1n) is 5.30. The van der Waals surface area contributed by atoms with Gasteiger partial charge in [0, 0.05) is 17.8 Å². The summed E-state index contributed by atoms with van der Waals surface area (Å²) in [6, 6.07) is 2.97. The number of aryl methyl sites for hydroxylation is 1. The molecule has 1 aromatic carbocycles. The van der Waals surface area contributed by atoms with Gasteiger partial charge in [0.2, 0.25) is 0 Å². The van der Waals surface area contributed by atoms with E-state index >= 15 is 0 Å². The Labute approximate surface area is 119 Å². The van der Waals surface area contributed by atoms with Crippen molar-refractivity contribution in [3.05, 3.63) is 38.9 Å². The van der Waals surface area contributed by atoms with Crippen molar-refractivity contribution in [2.24, 2.45) is 0 Å². The summed E-state index contributed by atoms with van der Waals surface area (Å²) in [5.74, 6) is -0.131. The predicted octanol–water partition coefficient (Wildman–Crippen LogP) is 1.75. The number of rotatable bonds is 3. The topological polar surface area (TPSA) is 69.0 Å². The summed E-state index contributed by atoms with van der Waals surface area (Å²) in [4.78, 5) is 16.2. The van der Waals surface area contributed by atoms with Gasteiger partial charge < -0.3 is 0 Å². The molecule has 0 aliphatic carbocycles. The second-order valence-corrected chi connectivity index (χ2v) is 7.26. The molecule has 1 aromatic heterocycles. The van der Waals surface area contributed by atoms with E-state index < -0.39 is 9.84 Å². The van der Waals surface area contributed by atoms with E-state index in [-0.39, 0.29) is 28.3 Å². The maximum Gasteiger partial charge on any atom is 0.261 e. The molecule has 0 amide bonds. The second-order valence-electron chi connectivity index (χ2n) is 4.16. The molecule has 0 unspecified atom stereocenters. The summed E-state index contributed by atoms with van der Waals surface area (Å²) in [6.07, 6.45) is 2.40. The number of hydrogen-bond acceptors (Lipinski definition) is 4. The Bertz CT molecular complexity index is 799. The highest BCUT2D eigenvalue weighted by Crippen LogP contribution is 2.23. The van der Waals surface area contributed by atoms with Crippen LogP contribution in [0.25, 0.3) is 10.9 Å². The molecule has 102 valence electrons. The molecule has 0 N–H and O–H groups in total. The van der Waals surface area contributed by atoms with Gasteiger partial charge in [0.15, 0.2) is 0 Å². The zero-order valence-corrected chi connectivity index (χ0v) is 12.3. The van der Waals surface area contributed by atoms with Crippen LogP contribution in [0.2, 0.25) is 10.0 Å². The Morgan fingerprint density at radius 2 is 2.00 bits per heavy atom. The third-order valence-electron chi connectivity index (χ3n) is 2.55. The molecule has 0 radical (unpaired) electrons. The van der Waals surface area contributed by atoms with Gasteiger partial charge in [-0.3, -0.25) is 9.36 Å². The van der Waals surface area contributed by atoms with Gasteiger partial charge >= 0.3 is 0 Å². The van der Waals surface area contributed by atoms with E-state index in [0.717, 1.165) is 6.26 Å².